The Morgan fingerprint density at radius 2 is 2.20 bits per heavy atom. The van der Waals surface area contributed by atoms with Gasteiger partial charge in [0.05, 0.1) is 13.0 Å². The molecule has 1 aromatic rings. The molecule has 6 heteroatoms. The zero-order valence-electron chi connectivity index (χ0n) is 11.9. The van der Waals surface area contributed by atoms with E-state index in [1.165, 1.54) is 7.11 Å². The number of hydrogen-bond acceptors (Lipinski definition) is 3. The molecule has 5 nitrogen and oxygen atoms in total. The Balaban J connectivity index is 2.08. The molecule has 1 aliphatic carbocycles. The summed E-state index contributed by atoms with van der Waals surface area (Å²) in [4.78, 5) is 25.5. The van der Waals surface area contributed by atoms with E-state index in [1.807, 2.05) is 16.8 Å². The smallest absolute Gasteiger partial charge is 0.310 e. The second-order valence-corrected chi connectivity index (χ2v) is 6.21. The minimum absolute atomic E-state index is 0.0710. The average Bonchev–Trinajstić information content (AvgIpc) is 3.19. The van der Waals surface area contributed by atoms with Crippen LogP contribution in [-0.4, -0.2) is 42.0 Å². The minimum Gasteiger partial charge on any atom is -0.469 e. The zero-order valence-corrected chi connectivity index (χ0v) is 13.5. The fraction of sp³-hybridized carbons (Fsp3) is 0.571. The van der Waals surface area contributed by atoms with Crippen LogP contribution in [0.15, 0.2) is 16.7 Å². The lowest BCUT2D eigenvalue weighted by Gasteiger charge is -2.21. The Morgan fingerprint density at radius 3 is 2.75 bits per heavy atom. The first kappa shape index (κ1) is 15.1. The van der Waals surface area contributed by atoms with Gasteiger partial charge in [-0.05, 0) is 34.8 Å². The van der Waals surface area contributed by atoms with Crippen molar-refractivity contribution in [3.63, 3.8) is 0 Å². The van der Waals surface area contributed by atoms with Gasteiger partial charge in [0.25, 0.3) is 5.91 Å². The summed E-state index contributed by atoms with van der Waals surface area (Å²) in [5.74, 6) is -0.705. The molecule has 0 aromatic carbocycles. The Morgan fingerprint density at radius 1 is 1.55 bits per heavy atom. The van der Waals surface area contributed by atoms with Crippen LogP contribution in [0.5, 0.6) is 0 Å². The summed E-state index contributed by atoms with van der Waals surface area (Å²) >= 11 is 3.42. The molecule has 0 N–H and O–H groups in total. The molecule has 1 amide bonds. The monoisotopic (exact) mass is 342 g/mol. The van der Waals surface area contributed by atoms with Gasteiger partial charge >= 0.3 is 5.97 Å². The molecular weight excluding hydrogens is 324 g/mol. The summed E-state index contributed by atoms with van der Waals surface area (Å²) < 4.78 is 7.61. The van der Waals surface area contributed by atoms with Crippen LogP contribution in [0.25, 0.3) is 0 Å². The molecule has 0 bridgehead atoms. The quantitative estimate of drug-likeness (QED) is 0.772. The van der Waals surface area contributed by atoms with E-state index in [4.69, 9.17) is 0 Å². The molecule has 1 atom stereocenters. The van der Waals surface area contributed by atoms with Crippen LogP contribution in [0.1, 0.15) is 36.3 Å². The van der Waals surface area contributed by atoms with E-state index < -0.39 is 0 Å². The molecule has 2 rings (SSSR count). The van der Waals surface area contributed by atoms with E-state index in [9.17, 15) is 9.59 Å². The van der Waals surface area contributed by atoms with Gasteiger partial charge in [0.2, 0.25) is 0 Å². The first-order valence-corrected chi connectivity index (χ1v) is 7.44. The van der Waals surface area contributed by atoms with Gasteiger partial charge in [-0.2, -0.15) is 0 Å². The normalized spacial score (nSPS) is 15.8. The van der Waals surface area contributed by atoms with Crippen molar-refractivity contribution in [3.05, 3.63) is 22.4 Å². The molecule has 1 aromatic heterocycles. The number of rotatable bonds is 5. The zero-order chi connectivity index (χ0) is 14.9. The number of hydrogen-bond donors (Lipinski definition) is 0. The van der Waals surface area contributed by atoms with E-state index in [-0.39, 0.29) is 17.8 Å². The fourth-order valence-electron chi connectivity index (χ4n) is 2.24. The number of methoxy groups -OCH3 is 1. The molecule has 0 radical (unpaired) electrons. The molecule has 1 fully saturated rings. The average molecular weight is 343 g/mol. The second kappa shape index (κ2) is 5.99. The third kappa shape index (κ3) is 3.23. The van der Waals surface area contributed by atoms with Gasteiger partial charge in [-0.15, -0.1) is 0 Å². The summed E-state index contributed by atoms with van der Waals surface area (Å²) in [6, 6.07) is 2.27. The Kier molecular flexibility index (Phi) is 4.52. The first-order chi connectivity index (χ1) is 9.43. The number of nitrogens with zero attached hydrogens (tertiary/aromatic N) is 2. The number of halogens is 1. The lowest BCUT2D eigenvalue weighted by Crippen LogP contribution is -2.35. The highest BCUT2D eigenvalue weighted by atomic mass is 79.9. The van der Waals surface area contributed by atoms with Crippen LogP contribution in [0.3, 0.4) is 0 Å². The number of ether oxygens (including phenoxy) is 1. The summed E-state index contributed by atoms with van der Waals surface area (Å²) in [5.41, 5.74) is 0.666. The van der Waals surface area contributed by atoms with E-state index in [0.717, 1.165) is 17.3 Å². The molecule has 20 heavy (non-hydrogen) atoms. The Labute approximate surface area is 127 Å². The third-order valence-corrected chi connectivity index (χ3v) is 3.91. The predicted molar refractivity (Wildman–Crippen MR) is 78.5 cm³/mol. The second-order valence-electron chi connectivity index (χ2n) is 5.29. The summed E-state index contributed by atoms with van der Waals surface area (Å²) in [5, 5.41) is 0. The molecule has 0 saturated heterocycles. The van der Waals surface area contributed by atoms with Crippen molar-refractivity contribution >= 4 is 27.8 Å². The molecule has 1 aliphatic rings. The molecule has 1 saturated carbocycles. The van der Waals surface area contributed by atoms with E-state index in [2.05, 4.69) is 20.7 Å². The molecule has 1 heterocycles. The maximum Gasteiger partial charge on any atom is 0.310 e. The molecule has 110 valence electrons. The SMILES string of the molecule is COC(=O)C(C)CN(C)C(=O)c1cc(Br)cn1C1CC1. The van der Waals surface area contributed by atoms with Crippen LogP contribution in [0.2, 0.25) is 0 Å². The van der Waals surface area contributed by atoms with Crippen molar-refractivity contribution in [2.24, 2.45) is 5.92 Å². The van der Waals surface area contributed by atoms with Gasteiger partial charge in [0.15, 0.2) is 0 Å². The van der Waals surface area contributed by atoms with Crippen molar-refractivity contribution in [2.75, 3.05) is 20.7 Å². The minimum atomic E-state index is -0.332. The first-order valence-electron chi connectivity index (χ1n) is 6.64. The third-order valence-electron chi connectivity index (χ3n) is 3.47. The lowest BCUT2D eigenvalue weighted by molar-refractivity contribution is -0.145. The van der Waals surface area contributed by atoms with Crippen molar-refractivity contribution < 1.29 is 14.3 Å². The van der Waals surface area contributed by atoms with Gasteiger partial charge in [0, 0.05) is 30.3 Å². The molecule has 0 spiro atoms. The van der Waals surface area contributed by atoms with Crippen LogP contribution < -0.4 is 0 Å². The Hall–Kier alpha value is -1.30. The van der Waals surface area contributed by atoms with Crippen LogP contribution >= 0.6 is 15.9 Å². The van der Waals surface area contributed by atoms with Gasteiger partial charge in [0.1, 0.15) is 5.69 Å². The largest absolute Gasteiger partial charge is 0.469 e. The highest BCUT2D eigenvalue weighted by Crippen LogP contribution is 2.37. The highest BCUT2D eigenvalue weighted by Gasteiger charge is 2.29. The Bertz CT molecular complexity index is 522. The summed E-state index contributed by atoms with van der Waals surface area (Å²) in [7, 11) is 3.07. The highest BCUT2D eigenvalue weighted by molar-refractivity contribution is 9.10. The molecule has 1 unspecified atom stereocenters. The predicted octanol–water partition coefficient (Wildman–Crippen LogP) is 2.47. The van der Waals surface area contributed by atoms with Gasteiger partial charge < -0.3 is 14.2 Å². The van der Waals surface area contributed by atoms with Crippen molar-refractivity contribution in [1.82, 2.24) is 9.47 Å². The van der Waals surface area contributed by atoms with E-state index in [0.29, 0.717) is 18.3 Å². The number of amides is 1. The van der Waals surface area contributed by atoms with Crippen LogP contribution in [0.4, 0.5) is 0 Å². The van der Waals surface area contributed by atoms with Crippen molar-refractivity contribution in [3.8, 4) is 0 Å². The topological polar surface area (TPSA) is 51.5 Å². The number of esters is 1. The lowest BCUT2D eigenvalue weighted by atomic mass is 10.1. The molecule has 0 aliphatic heterocycles. The standard InChI is InChI=1S/C14H19BrN2O3/c1-9(14(19)20-3)7-16(2)13(18)12-6-10(15)8-17(12)11-4-5-11/h6,8-9,11H,4-5,7H2,1-3H3. The van der Waals surface area contributed by atoms with Gasteiger partial charge in [-0.3, -0.25) is 9.59 Å². The van der Waals surface area contributed by atoms with Crippen LogP contribution in [0, 0.1) is 5.92 Å². The van der Waals surface area contributed by atoms with Crippen molar-refractivity contribution in [1.29, 1.82) is 0 Å². The van der Waals surface area contributed by atoms with Gasteiger partial charge in [-0.1, -0.05) is 6.92 Å². The maximum atomic E-state index is 12.5. The van der Waals surface area contributed by atoms with E-state index in [1.54, 1.807) is 18.9 Å². The summed E-state index contributed by atoms with van der Waals surface area (Å²) in [6.45, 7) is 2.10. The van der Waals surface area contributed by atoms with Gasteiger partial charge in [-0.25, -0.2) is 0 Å². The maximum absolute atomic E-state index is 12.5. The fourth-order valence-corrected chi connectivity index (χ4v) is 2.67. The summed E-state index contributed by atoms with van der Waals surface area (Å²) in [6.07, 6.45) is 4.18. The molecular formula is C14H19BrN2O3. The van der Waals surface area contributed by atoms with Crippen molar-refractivity contribution in [2.45, 2.75) is 25.8 Å². The number of aromatic nitrogens is 1. The van der Waals surface area contributed by atoms with E-state index >= 15 is 0 Å². The number of carbonyl (C=O) groups is 2. The van der Waals surface area contributed by atoms with Crippen LogP contribution in [-0.2, 0) is 9.53 Å². The number of carbonyl (C=O) groups excluding carboxylic acids is 2.